The maximum atomic E-state index is 13.5. The number of pyridine rings is 2. The van der Waals surface area contributed by atoms with Gasteiger partial charge in [-0.1, -0.05) is 0 Å². The summed E-state index contributed by atoms with van der Waals surface area (Å²) in [5.41, 5.74) is -0.0573. The molecule has 3 fully saturated rings. The molecular formula is C22H17F3N4O3. The Bertz CT molecular complexity index is 1170. The van der Waals surface area contributed by atoms with Crippen LogP contribution in [0.15, 0.2) is 53.5 Å². The van der Waals surface area contributed by atoms with E-state index < -0.39 is 11.7 Å². The van der Waals surface area contributed by atoms with Crippen LogP contribution >= 0.6 is 0 Å². The lowest BCUT2D eigenvalue weighted by molar-refractivity contribution is -0.137. The molecule has 0 bridgehead atoms. The number of piperidine rings is 1. The van der Waals surface area contributed by atoms with Gasteiger partial charge in [-0.15, -0.1) is 0 Å². The number of hydrogen-bond donors (Lipinski definition) is 0. The standard InChI is InChI=1S/C22H17F3N4O3/c23-22(24,25)11-3-4-16(28-9-11)32-15-8-13-14-10-29(19(15)17(13)14)21(30)12-2-1-5-26-18(12)20-27-6-7-31-20/h1-7,9,13-15,17,19H,8,10H2. The number of amides is 1. The second-order valence-electron chi connectivity index (χ2n) is 8.36. The Kier molecular flexibility index (Phi) is 4.08. The molecular weight excluding hydrogens is 425 g/mol. The Morgan fingerprint density at radius 2 is 2.00 bits per heavy atom. The number of ether oxygens (including phenoxy) is 1. The second kappa shape index (κ2) is 6.78. The Labute approximate surface area is 180 Å². The molecule has 5 unspecified atom stereocenters. The summed E-state index contributed by atoms with van der Waals surface area (Å²) in [5.74, 6) is 1.47. The zero-order chi connectivity index (χ0) is 22.0. The lowest BCUT2D eigenvalue weighted by Crippen LogP contribution is -2.44. The molecule has 0 spiro atoms. The maximum Gasteiger partial charge on any atom is 0.417 e. The fraction of sp³-hybridized carbons (Fsp3) is 0.364. The molecule has 0 radical (unpaired) electrons. The first-order valence-electron chi connectivity index (χ1n) is 10.3. The van der Waals surface area contributed by atoms with Crippen molar-refractivity contribution in [2.75, 3.05) is 6.54 Å². The second-order valence-corrected chi connectivity index (χ2v) is 8.36. The average molecular weight is 442 g/mol. The number of fused-ring (bicyclic) bond motifs is 1. The highest BCUT2D eigenvalue weighted by atomic mass is 19.4. The molecule has 2 aliphatic carbocycles. The minimum atomic E-state index is -4.45. The minimum Gasteiger partial charge on any atom is -0.472 e. The van der Waals surface area contributed by atoms with Gasteiger partial charge >= 0.3 is 6.18 Å². The van der Waals surface area contributed by atoms with Crippen LogP contribution in [0.1, 0.15) is 22.3 Å². The molecule has 1 saturated heterocycles. The molecule has 10 heteroatoms. The van der Waals surface area contributed by atoms with Gasteiger partial charge in [0.15, 0.2) is 0 Å². The van der Waals surface area contributed by atoms with Gasteiger partial charge in [-0.25, -0.2) is 9.97 Å². The largest absolute Gasteiger partial charge is 0.472 e. The number of carbonyl (C=O) groups excluding carboxylic acids is 1. The van der Waals surface area contributed by atoms with Gasteiger partial charge in [0.25, 0.3) is 5.91 Å². The van der Waals surface area contributed by atoms with E-state index in [1.165, 1.54) is 18.5 Å². The zero-order valence-corrected chi connectivity index (χ0v) is 16.6. The van der Waals surface area contributed by atoms with Crippen molar-refractivity contribution in [1.29, 1.82) is 0 Å². The van der Waals surface area contributed by atoms with E-state index >= 15 is 0 Å². The summed E-state index contributed by atoms with van der Waals surface area (Å²) in [5, 5.41) is 0. The first kappa shape index (κ1) is 19.3. The van der Waals surface area contributed by atoms with Crippen molar-refractivity contribution in [3.63, 3.8) is 0 Å². The third-order valence-corrected chi connectivity index (χ3v) is 6.71. The molecule has 7 nitrogen and oxygen atoms in total. The average Bonchev–Trinajstić information content (AvgIpc) is 3.19. The van der Waals surface area contributed by atoms with E-state index in [1.807, 2.05) is 0 Å². The highest BCUT2D eigenvalue weighted by Gasteiger charge is 2.70. The van der Waals surface area contributed by atoms with Gasteiger partial charge in [-0.3, -0.25) is 9.78 Å². The third kappa shape index (κ3) is 2.96. The molecule has 6 rings (SSSR count). The van der Waals surface area contributed by atoms with Crippen LogP contribution < -0.4 is 4.74 Å². The number of nitrogens with zero attached hydrogens (tertiary/aromatic N) is 4. The van der Waals surface area contributed by atoms with Crippen LogP contribution in [-0.4, -0.2) is 44.4 Å². The predicted octanol–water partition coefficient (Wildman–Crippen LogP) is 3.69. The molecule has 3 aliphatic rings. The van der Waals surface area contributed by atoms with E-state index in [0.29, 0.717) is 35.6 Å². The smallest absolute Gasteiger partial charge is 0.417 e. The van der Waals surface area contributed by atoms with Crippen LogP contribution in [-0.2, 0) is 6.18 Å². The van der Waals surface area contributed by atoms with E-state index in [-0.39, 0.29) is 29.8 Å². The maximum absolute atomic E-state index is 13.5. The summed E-state index contributed by atoms with van der Waals surface area (Å²) < 4.78 is 49.7. The Hall–Kier alpha value is -3.43. The summed E-state index contributed by atoms with van der Waals surface area (Å²) in [6, 6.07) is 5.41. The number of aromatic nitrogens is 3. The summed E-state index contributed by atoms with van der Waals surface area (Å²) in [6.07, 6.45) is 1.24. The molecule has 2 saturated carbocycles. The molecule has 1 amide bonds. The number of oxazole rings is 1. The van der Waals surface area contributed by atoms with Crippen molar-refractivity contribution in [3.8, 4) is 17.5 Å². The minimum absolute atomic E-state index is 0.127. The highest BCUT2D eigenvalue weighted by molar-refractivity contribution is 5.99. The predicted molar refractivity (Wildman–Crippen MR) is 103 cm³/mol. The molecule has 1 aliphatic heterocycles. The molecule has 32 heavy (non-hydrogen) atoms. The quantitative estimate of drug-likeness (QED) is 0.613. The lowest BCUT2D eigenvalue weighted by atomic mass is 10.1. The summed E-state index contributed by atoms with van der Waals surface area (Å²) >= 11 is 0. The van der Waals surface area contributed by atoms with Crippen molar-refractivity contribution in [3.05, 3.63) is 60.2 Å². The molecule has 0 N–H and O–H groups in total. The van der Waals surface area contributed by atoms with Gasteiger partial charge < -0.3 is 14.1 Å². The molecule has 3 aromatic rings. The lowest BCUT2D eigenvalue weighted by Gasteiger charge is -2.29. The Balaban J connectivity index is 1.25. The van der Waals surface area contributed by atoms with E-state index in [4.69, 9.17) is 9.15 Å². The first-order valence-corrected chi connectivity index (χ1v) is 10.3. The van der Waals surface area contributed by atoms with Gasteiger partial charge in [0.05, 0.1) is 23.4 Å². The third-order valence-electron chi connectivity index (χ3n) is 6.71. The number of alkyl halides is 3. The van der Waals surface area contributed by atoms with Crippen molar-refractivity contribution in [1.82, 2.24) is 19.9 Å². The monoisotopic (exact) mass is 442 g/mol. The van der Waals surface area contributed by atoms with Crippen LogP contribution in [0.4, 0.5) is 13.2 Å². The molecule has 3 aromatic heterocycles. The number of halogens is 3. The van der Waals surface area contributed by atoms with Crippen molar-refractivity contribution in [2.45, 2.75) is 24.7 Å². The van der Waals surface area contributed by atoms with E-state index in [2.05, 4.69) is 15.0 Å². The Morgan fingerprint density at radius 1 is 1.12 bits per heavy atom. The van der Waals surface area contributed by atoms with Crippen LogP contribution in [0.5, 0.6) is 5.88 Å². The van der Waals surface area contributed by atoms with Crippen molar-refractivity contribution >= 4 is 5.91 Å². The topological polar surface area (TPSA) is 81.4 Å². The van der Waals surface area contributed by atoms with Crippen LogP contribution in [0.3, 0.4) is 0 Å². The number of hydrogen-bond acceptors (Lipinski definition) is 6. The SMILES string of the molecule is O=C(c1cccnc1-c1ncco1)N1CC2C3CC(Oc4ccc(C(F)(F)F)cn4)C1C32. The fourth-order valence-corrected chi connectivity index (χ4v) is 5.34. The van der Waals surface area contributed by atoms with Crippen molar-refractivity contribution < 1.29 is 27.1 Å². The van der Waals surface area contributed by atoms with Gasteiger partial charge in [0.1, 0.15) is 18.1 Å². The van der Waals surface area contributed by atoms with Crippen LogP contribution in [0.2, 0.25) is 0 Å². The van der Waals surface area contributed by atoms with Gasteiger partial charge in [0.2, 0.25) is 11.8 Å². The van der Waals surface area contributed by atoms with Gasteiger partial charge in [0, 0.05) is 25.0 Å². The highest BCUT2D eigenvalue weighted by Crippen LogP contribution is 2.64. The van der Waals surface area contributed by atoms with Gasteiger partial charge in [-0.05, 0) is 42.4 Å². The number of rotatable bonds is 4. The van der Waals surface area contributed by atoms with Crippen LogP contribution in [0.25, 0.3) is 11.6 Å². The Morgan fingerprint density at radius 3 is 2.72 bits per heavy atom. The molecule has 164 valence electrons. The number of carbonyl (C=O) groups is 1. The number of likely N-dealkylation sites (tertiary alicyclic amines) is 1. The van der Waals surface area contributed by atoms with E-state index in [0.717, 1.165) is 18.7 Å². The summed E-state index contributed by atoms with van der Waals surface area (Å²) in [7, 11) is 0. The van der Waals surface area contributed by atoms with Crippen LogP contribution in [0, 0.1) is 17.8 Å². The van der Waals surface area contributed by atoms with E-state index in [9.17, 15) is 18.0 Å². The van der Waals surface area contributed by atoms with Crippen molar-refractivity contribution in [2.24, 2.45) is 17.8 Å². The zero-order valence-electron chi connectivity index (χ0n) is 16.6. The van der Waals surface area contributed by atoms with Gasteiger partial charge in [-0.2, -0.15) is 13.2 Å². The normalized spacial score (nSPS) is 28.0. The molecule has 4 heterocycles. The summed E-state index contributed by atoms with van der Waals surface area (Å²) in [6.45, 7) is 0.624. The summed E-state index contributed by atoms with van der Waals surface area (Å²) in [4.78, 5) is 27.5. The van der Waals surface area contributed by atoms with E-state index in [1.54, 1.807) is 23.2 Å². The molecule has 5 atom stereocenters. The molecule has 0 aromatic carbocycles. The first-order chi connectivity index (χ1) is 15.4. The fourth-order valence-electron chi connectivity index (χ4n) is 5.34.